The van der Waals surface area contributed by atoms with Crippen molar-refractivity contribution in [2.24, 2.45) is 0 Å². The second-order valence-corrected chi connectivity index (χ2v) is 4.79. The lowest BCUT2D eigenvalue weighted by atomic mass is 10.3. The molecule has 0 aliphatic carbocycles. The van der Waals surface area contributed by atoms with Gasteiger partial charge in [-0.3, -0.25) is 9.80 Å². The second-order valence-electron chi connectivity index (χ2n) is 4.79. The summed E-state index contributed by atoms with van der Waals surface area (Å²) in [6.45, 7) is 9.33. The number of oxazole rings is 1. The van der Waals surface area contributed by atoms with Crippen LogP contribution in [0.1, 0.15) is 18.6 Å². The molecular formula is C12H21N3O2. The zero-order chi connectivity index (χ0) is 12.3. The lowest BCUT2D eigenvalue weighted by Gasteiger charge is -2.34. The minimum atomic E-state index is -0.240. The summed E-state index contributed by atoms with van der Waals surface area (Å²) in [6.07, 6.45) is 1.52. The van der Waals surface area contributed by atoms with E-state index in [1.807, 2.05) is 13.8 Å². The first-order valence-electron chi connectivity index (χ1n) is 6.17. The standard InChI is InChI=1S/C12H21N3O2/c1-10(16)8-14-3-5-15(6-4-14)9-12-13-7-11(2)17-12/h7,10,16H,3-6,8-9H2,1-2H3/t10-/m1/s1. The van der Waals surface area contributed by atoms with Crippen LogP contribution in [0.15, 0.2) is 10.6 Å². The summed E-state index contributed by atoms with van der Waals surface area (Å²) in [6, 6.07) is 0. The van der Waals surface area contributed by atoms with Crippen LogP contribution in [0, 0.1) is 6.92 Å². The van der Waals surface area contributed by atoms with Crippen molar-refractivity contribution in [3.8, 4) is 0 Å². The monoisotopic (exact) mass is 239 g/mol. The molecule has 0 unspecified atom stereocenters. The highest BCUT2D eigenvalue weighted by atomic mass is 16.4. The fraction of sp³-hybridized carbons (Fsp3) is 0.750. The fourth-order valence-corrected chi connectivity index (χ4v) is 2.17. The van der Waals surface area contributed by atoms with Crippen LogP contribution < -0.4 is 0 Å². The minimum absolute atomic E-state index is 0.240. The summed E-state index contributed by atoms with van der Waals surface area (Å²) >= 11 is 0. The van der Waals surface area contributed by atoms with Crippen molar-refractivity contribution < 1.29 is 9.52 Å². The quantitative estimate of drug-likeness (QED) is 0.828. The maximum atomic E-state index is 9.33. The third-order valence-electron chi connectivity index (χ3n) is 3.02. The third kappa shape index (κ3) is 3.80. The average molecular weight is 239 g/mol. The van der Waals surface area contributed by atoms with Crippen LogP contribution in [0.3, 0.4) is 0 Å². The smallest absolute Gasteiger partial charge is 0.208 e. The molecule has 5 nitrogen and oxygen atoms in total. The van der Waals surface area contributed by atoms with Crippen LogP contribution in [-0.4, -0.2) is 58.7 Å². The van der Waals surface area contributed by atoms with E-state index in [2.05, 4.69) is 14.8 Å². The molecule has 2 heterocycles. The van der Waals surface area contributed by atoms with E-state index in [4.69, 9.17) is 4.42 Å². The average Bonchev–Trinajstić information content (AvgIpc) is 2.66. The summed E-state index contributed by atoms with van der Waals surface area (Å²) in [5.74, 6) is 1.67. The van der Waals surface area contributed by atoms with E-state index in [0.717, 1.165) is 50.9 Å². The van der Waals surface area contributed by atoms with Gasteiger partial charge in [0.2, 0.25) is 5.89 Å². The number of nitrogens with zero attached hydrogens (tertiary/aromatic N) is 3. The Bertz CT molecular complexity index is 343. The van der Waals surface area contributed by atoms with Crippen molar-refractivity contribution >= 4 is 0 Å². The number of aromatic nitrogens is 1. The predicted molar refractivity (Wildman–Crippen MR) is 64.6 cm³/mol. The molecule has 0 radical (unpaired) electrons. The van der Waals surface area contributed by atoms with Crippen molar-refractivity contribution in [3.05, 3.63) is 17.8 Å². The van der Waals surface area contributed by atoms with Crippen LogP contribution in [-0.2, 0) is 6.54 Å². The molecule has 17 heavy (non-hydrogen) atoms. The molecule has 0 saturated carbocycles. The third-order valence-corrected chi connectivity index (χ3v) is 3.02. The van der Waals surface area contributed by atoms with E-state index in [1.165, 1.54) is 0 Å². The number of rotatable bonds is 4. The number of hydrogen-bond acceptors (Lipinski definition) is 5. The Morgan fingerprint density at radius 2 is 2.00 bits per heavy atom. The van der Waals surface area contributed by atoms with E-state index in [0.29, 0.717) is 0 Å². The first-order valence-corrected chi connectivity index (χ1v) is 6.17. The van der Waals surface area contributed by atoms with Gasteiger partial charge in [0.25, 0.3) is 0 Å². The highest BCUT2D eigenvalue weighted by molar-refractivity contribution is 4.91. The number of hydrogen-bond donors (Lipinski definition) is 1. The molecule has 1 saturated heterocycles. The number of aliphatic hydroxyl groups is 1. The van der Waals surface area contributed by atoms with Gasteiger partial charge in [-0.2, -0.15) is 0 Å². The Morgan fingerprint density at radius 3 is 2.53 bits per heavy atom. The predicted octanol–water partition coefficient (Wildman–Crippen LogP) is 0.481. The van der Waals surface area contributed by atoms with Gasteiger partial charge in [-0.1, -0.05) is 0 Å². The summed E-state index contributed by atoms with van der Waals surface area (Å²) in [4.78, 5) is 8.85. The molecule has 0 amide bonds. The summed E-state index contributed by atoms with van der Waals surface area (Å²) < 4.78 is 5.47. The van der Waals surface area contributed by atoms with Crippen LogP contribution in [0.4, 0.5) is 0 Å². The zero-order valence-electron chi connectivity index (χ0n) is 10.6. The van der Waals surface area contributed by atoms with Gasteiger partial charge in [0.05, 0.1) is 18.8 Å². The van der Waals surface area contributed by atoms with Gasteiger partial charge in [-0.15, -0.1) is 0 Å². The molecule has 1 aliphatic rings. The van der Waals surface area contributed by atoms with Gasteiger partial charge in [-0.05, 0) is 13.8 Å². The molecule has 1 aliphatic heterocycles. The van der Waals surface area contributed by atoms with Gasteiger partial charge < -0.3 is 9.52 Å². The molecule has 5 heteroatoms. The number of aliphatic hydroxyl groups excluding tert-OH is 1. The first-order chi connectivity index (χ1) is 8.13. The Labute approximate surface area is 102 Å². The Kier molecular flexibility index (Phi) is 4.15. The molecule has 96 valence electrons. The second kappa shape index (κ2) is 5.62. The Morgan fingerprint density at radius 1 is 1.35 bits per heavy atom. The van der Waals surface area contributed by atoms with E-state index in [1.54, 1.807) is 6.20 Å². The maximum Gasteiger partial charge on any atom is 0.208 e. The largest absolute Gasteiger partial charge is 0.445 e. The van der Waals surface area contributed by atoms with E-state index in [-0.39, 0.29) is 6.10 Å². The number of aryl methyl sites for hydroxylation is 1. The molecule has 1 N–H and O–H groups in total. The molecule has 0 spiro atoms. The highest BCUT2D eigenvalue weighted by Gasteiger charge is 2.19. The van der Waals surface area contributed by atoms with Gasteiger partial charge in [0.1, 0.15) is 5.76 Å². The number of β-amino-alcohol motifs (C(OH)–C–C–N with tert-alkyl or cyclic N) is 1. The molecule has 0 aromatic carbocycles. The van der Waals surface area contributed by atoms with E-state index < -0.39 is 0 Å². The Hall–Kier alpha value is -0.910. The van der Waals surface area contributed by atoms with Crippen LogP contribution in [0.2, 0.25) is 0 Å². The fourth-order valence-electron chi connectivity index (χ4n) is 2.17. The van der Waals surface area contributed by atoms with Crippen LogP contribution >= 0.6 is 0 Å². The minimum Gasteiger partial charge on any atom is -0.445 e. The molecular weight excluding hydrogens is 218 g/mol. The molecule has 1 atom stereocenters. The van der Waals surface area contributed by atoms with Crippen LogP contribution in [0.25, 0.3) is 0 Å². The van der Waals surface area contributed by atoms with Crippen molar-refractivity contribution in [1.82, 2.24) is 14.8 Å². The number of piperazine rings is 1. The van der Waals surface area contributed by atoms with Crippen molar-refractivity contribution in [2.45, 2.75) is 26.5 Å². The Balaban J connectivity index is 1.75. The lowest BCUT2D eigenvalue weighted by Crippen LogP contribution is -2.47. The van der Waals surface area contributed by atoms with Gasteiger partial charge in [0, 0.05) is 32.7 Å². The highest BCUT2D eigenvalue weighted by Crippen LogP contribution is 2.09. The van der Waals surface area contributed by atoms with Crippen molar-refractivity contribution in [3.63, 3.8) is 0 Å². The molecule has 1 fully saturated rings. The first kappa shape index (κ1) is 12.5. The lowest BCUT2D eigenvalue weighted by molar-refractivity contribution is 0.0745. The zero-order valence-corrected chi connectivity index (χ0v) is 10.6. The van der Waals surface area contributed by atoms with Crippen LogP contribution in [0.5, 0.6) is 0 Å². The van der Waals surface area contributed by atoms with Gasteiger partial charge in [0.15, 0.2) is 0 Å². The molecule has 2 rings (SSSR count). The normalized spacial score (nSPS) is 20.6. The van der Waals surface area contributed by atoms with Gasteiger partial charge >= 0.3 is 0 Å². The summed E-state index contributed by atoms with van der Waals surface area (Å²) in [5, 5.41) is 9.33. The maximum absolute atomic E-state index is 9.33. The van der Waals surface area contributed by atoms with Gasteiger partial charge in [-0.25, -0.2) is 4.98 Å². The van der Waals surface area contributed by atoms with E-state index in [9.17, 15) is 5.11 Å². The summed E-state index contributed by atoms with van der Waals surface area (Å²) in [5.41, 5.74) is 0. The molecule has 1 aromatic heterocycles. The molecule has 0 bridgehead atoms. The summed E-state index contributed by atoms with van der Waals surface area (Å²) in [7, 11) is 0. The SMILES string of the molecule is Cc1cnc(CN2CCN(C[C@@H](C)O)CC2)o1. The van der Waals surface area contributed by atoms with E-state index >= 15 is 0 Å². The topological polar surface area (TPSA) is 52.7 Å². The molecule has 1 aromatic rings. The van der Waals surface area contributed by atoms with Crippen molar-refractivity contribution in [2.75, 3.05) is 32.7 Å². The van der Waals surface area contributed by atoms with Crippen molar-refractivity contribution in [1.29, 1.82) is 0 Å².